The highest BCUT2D eigenvalue weighted by atomic mass is 35.5. The summed E-state index contributed by atoms with van der Waals surface area (Å²) in [6, 6.07) is 5.26. The maximum atomic E-state index is 13.1. The molecule has 19 heavy (non-hydrogen) atoms. The summed E-state index contributed by atoms with van der Waals surface area (Å²) in [7, 11) is 0. The van der Waals surface area contributed by atoms with Crippen molar-refractivity contribution in [3.05, 3.63) is 34.6 Å². The maximum Gasteiger partial charge on any atom is 0.141 e. The van der Waals surface area contributed by atoms with Crippen LogP contribution in [0.15, 0.2) is 18.2 Å². The minimum Gasteiger partial charge on any atom is -0.389 e. The highest BCUT2D eigenvalue weighted by Crippen LogP contribution is 2.35. The fraction of sp³-hybridized carbons (Fsp3) is 0.600. The molecule has 3 rings (SSSR count). The molecule has 0 bridgehead atoms. The zero-order valence-electron chi connectivity index (χ0n) is 10.9. The van der Waals surface area contributed by atoms with Crippen LogP contribution in [0.2, 0.25) is 5.02 Å². The van der Waals surface area contributed by atoms with Crippen LogP contribution in [0.25, 0.3) is 0 Å². The highest BCUT2D eigenvalue weighted by Gasteiger charge is 2.40. The molecule has 1 N–H and O–H groups in total. The lowest BCUT2D eigenvalue weighted by Crippen LogP contribution is -2.48. The van der Waals surface area contributed by atoms with Crippen LogP contribution in [-0.4, -0.2) is 34.7 Å². The van der Waals surface area contributed by atoms with Gasteiger partial charge < -0.3 is 10.0 Å². The Kier molecular flexibility index (Phi) is 3.54. The molecule has 2 atom stereocenters. The average Bonchev–Trinajstić information content (AvgIpc) is 2.80. The van der Waals surface area contributed by atoms with Crippen molar-refractivity contribution in [2.24, 2.45) is 0 Å². The van der Waals surface area contributed by atoms with E-state index in [0.717, 1.165) is 24.9 Å². The fourth-order valence-electron chi connectivity index (χ4n) is 3.50. The number of benzene rings is 1. The van der Waals surface area contributed by atoms with Gasteiger partial charge in [-0.2, -0.15) is 0 Å². The Morgan fingerprint density at radius 1 is 1.42 bits per heavy atom. The molecule has 0 spiro atoms. The first-order valence-electron chi connectivity index (χ1n) is 6.96. The number of rotatable bonds is 2. The summed E-state index contributed by atoms with van der Waals surface area (Å²) in [5.41, 5.74) is 0.257. The molecular formula is C15H19ClFNO. The number of nitrogens with zero attached hydrogens (tertiary/aromatic N) is 1. The van der Waals surface area contributed by atoms with E-state index >= 15 is 0 Å². The second-order valence-corrected chi connectivity index (χ2v) is 6.34. The molecule has 2 saturated heterocycles. The van der Waals surface area contributed by atoms with E-state index < -0.39 is 11.4 Å². The zero-order valence-corrected chi connectivity index (χ0v) is 11.7. The van der Waals surface area contributed by atoms with Crippen molar-refractivity contribution >= 4 is 11.6 Å². The standard InChI is InChI=1S/C15H19ClFNO/c16-13-8-11(3-4-14(13)17)9-15(19)5-7-18-6-1-2-12(18)10-15/h3-4,8,12,19H,1-2,5-7,9-10H2. The van der Waals surface area contributed by atoms with E-state index in [1.807, 2.05) is 0 Å². The van der Waals surface area contributed by atoms with Crippen molar-refractivity contribution in [3.8, 4) is 0 Å². The predicted octanol–water partition coefficient (Wildman–Crippen LogP) is 3.01. The Morgan fingerprint density at radius 3 is 3.05 bits per heavy atom. The van der Waals surface area contributed by atoms with E-state index in [1.165, 1.54) is 25.5 Å². The van der Waals surface area contributed by atoms with Gasteiger partial charge in [0, 0.05) is 19.0 Å². The Morgan fingerprint density at radius 2 is 2.26 bits per heavy atom. The molecule has 2 nitrogen and oxygen atoms in total. The van der Waals surface area contributed by atoms with Gasteiger partial charge in [-0.15, -0.1) is 0 Å². The quantitative estimate of drug-likeness (QED) is 0.902. The number of hydrogen-bond acceptors (Lipinski definition) is 2. The van der Waals surface area contributed by atoms with Crippen molar-refractivity contribution in [2.75, 3.05) is 13.1 Å². The number of fused-ring (bicyclic) bond motifs is 1. The third kappa shape index (κ3) is 2.78. The van der Waals surface area contributed by atoms with E-state index in [4.69, 9.17) is 11.6 Å². The van der Waals surface area contributed by atoms with Crippen LogP contribution in [-0.2, 0) is 6.42 Å². The SMILES string of the molecule is OC1(Cc2ccc(F)c(Cl)c2)CCN2CCCC2C1. The lowest BCUT2D eigenvalue weighted by atomic mass is 9.82. The molecule has 0 radical (unpaired) electrons. The molecular weight excluding hydrogens is 265 g/mol. The smallest absolute Gasteiger partial charge is 0.141 e. The Bertz CT molecular complexity index is 481. The minimum absolute atomic E-state index is 0.138. The van der Waals surface area contributed by atoms with Crippen molar-refractivity contribution in [3.63, 3.8) is 0 Å². The monoisotopic (exact) mass is 283 g/mol. The molecule has 104 valence electrons. The molecule has 1 aromatic rings. The van der Waals surface area contributed by atoms with Gasteiger partial charge in [0.15, 0.2) is 0 Å². The van der Waals surface area contributed by atoms with Crippen LogP contribution in [0.3, 0.4) is 0 Å². The van der Waals surface area contributed by atoms with E-state index in [1.54, 1.807) is 12.1 Å². The lowest BCUT2D eigenvalue weighted by molar-refractivity contribution is -0.0354. The fourth-order valence-corrected chi connectivity index (χ4v) is 3.71. The van der Waals surface area contributed by atoms with Crippen LogP contribution in [0, 0.1) is 5.82 Å². The third-order valence-corrected chi connectivity index (χ3v) is 4.79. The van der Waals surface area contributed by atoms with E-state index in [9.17, 15) is 9.50 Å². The summed E-state index contributed by atoms with van der Waals surface area (Å²) >= 11 is 5.80. The first-order chi connectivity index (χ1) is 9.06. The highest BCUT2D eigenvalue weighted by molar-refractivity contribution is 6.30. The van der Waals surface area contributed by atoms with Crippen LogP contribution in [0.1, 0.15) is 31.2 Å². The van der Waals surface area contributed by atoms with Crippen molar-refractivity contribution in [1.29, 1.82) is 0 Å². The molecule has 0 amide bonds. The van der Waals surface area contributed by atoms with Gasteiger partial charge in [-0.3, -0.25) is 0 Å². The van der Waals surface area contributed by atoms with Gasteiger partial charge in [0.05, 0.1) is 10.6 Å². The van der Waals surface area contributed by atoms with Gasteiger partial charge in [-0.25, -0.2) is 4.39 Å². The Hall–Kier alpha value is -0.640. The molecule has 0 saturated carbocycles. The van der Waals surface area contributed by atoms with Crippen molar-refractivity contribution < 1.29 is 9.50 Å². The number of aliphatic hydroxyl groups is 1. The zero-order chi connectivity index (χ0) is 13.5. The molecule has 1 aromatic carbocycles. The molecule has 0 aliphatic carbocycles. The summed E-state index contributed by atoms with van der Waals surface area (Å²) in [4.78, 5) is 2.48. The normalized spacial score (nSPS) is 31.4. The van der Waals surface area contributed by atoms with Crippen LogP contribution < -0.4 is 0 Å². The Labute approximate surface area is 118 Å². The number of halogens is 2. The largest absolute Gasteiger partial charge is 0.389 e. The van der Waals surface area contributed by atoms with Gasteiger partial charge >= 0.3 is 0 Å². The summed E-state index contributed by atoms with van der Waals surface area (Å²) < 4.78 is 13.1. The maximum absolute atomic E-state index is 13.1. The van der Waals surface area contributed by atoms with Crippen LogP contribution >= 0.6 is 11.6 Å². The molecule has 2 aliphatic rings. The first kappa shape index (κ1) is 13.3. The van der Waals surface area contributed by atoms with Gasteiger partial charge in [-0.1, -0.05) is 17.7 Å². The van der Waals surface area contributed by atoms with Crippen LogP contribution in [0.5, 0.6) is 0 Å². The Balaban J connectivity index is 1.72. The molecule has 2 unspecified atom stereocenters. The third-order valence-electron chi connectivity index (χ3n) is 4.50. The molecule has 2 aliphatic heterocycles. The second kappa shape index (κ2) is 5.04. The average molecular weight is 284 g/mol. The van der Waals surface area contributed by atoms with Gasteiger partial charge in [0.25, 0.3) is 0 Å². The van der Waals surface area contributed by atoms with Gasteiger partial charge in [0.1, 0.15) is 5.82 Å². The van der Waals surface area contributed by atoms with Crippen molar-refractivity contribution in [2.45, 2.75) is 43.7 Å². The van der Waals surface area contributed by atoms with E-state index in [2.05, 4.69) is 4.90 Å². The first-order valence-corrected chi connectivity index (χ1v) is 7.34. The van der Waals surface area contributed by atoms with Crippen LogP contribution in [0.4, 0.5) is 4.39 Å². The van der Waals surface area contributed by atoms with E-state index in [0.29, 0.717) is 12.5 Å². The predicted molar refractivity (Wildman–Crippen MR) is 73.9 cm³/mol. The second-order valence-electron chi connectivity index (χ2n) is 5.94. The lowest BCUT2D eigenvalue weighted by Gasteiger charge is -2.41. The van der Waals surface area contributed by atoms with Gasteiger partial charge in [-0.05, 0) is 49.9 Å². The summed E-state index contributed by atoms with van der Waals surface area (Å²) in [6.07, 6.45) is 4.60. The topological polar surface area (TPSA) is 23.5 Å². The molecule has 2 heterocycles. The van der Waals surface area contributed by atoms with E-state index in [-0.39, 0.29) is 5.02 Å². The molecule has 0 aromatic heterocycles. The minimum atomic E-state index is -0.660. The van der Waals surface area contributed by atoms with Crippen molar-refractivity contribution in [1.82, 2.24) is 4.90 Å². The number of piperidine rings is 1. The summed E-state index contributed by atoms with van der Waals surface area (Å²) in [5, 5.41) is 10.9. The summed E-state index contributed by atoms with van der Waals surface area (Å²) in [5.74, 6) is -0.400. The number of hydrogen-bond donors (Lipinski definition) is 1. The van der Waals surface area contributed by atoms with Gasteiger partial charge in [0.2, 0.25) is 0 Å². The molecule has 4 heteroatoms. The molecule has 2 fully saturated rings. The summed E-state index contributed by atoms with van der Waals surface area (Å²) in [6.45, 7) is 2.14.